The molecule has 1 aromatic heterocycles. The van der Waals surface area contributed by atoms with E-state index in [9.17, 15) is 9.90 Å². The molecule has 0 aromatic carbocycles. The largest absolute Gasteiger partial charge is 0.389 e. The van der Waals surface area contributed by atoms with Crippen molar-refractivity contribution in [3.8, 4) is 0 Å². The Balaban J connectivity index is 2.15. The van der Waals surface area contributed by atoms with Crippen molar-refractivity contribution in [2.45, 2.75) is 43.6 Å². The normalized spacial score (nSPS) is 35.4. The van der Waals surface area contributed by atoms with E-state index in [1.807, 2.05) is 0 Å². The Morgan fingerprint density at radius 3 is 3.14 bits per heavy atom. The Morgan fingerprint density at radius 2 is 2.29 bits per heavy atom. The molecule has 0 aliphatic heterocycles. The molecular formula is C10H14N2O2. The lowest BCUT2D eigenvalue weighted by Gasteiger charge is -2.40. The topological polar surface area (TPSA) is 68.9 Å². The molecule has 3 rings (SSSR count). The van der Waals surface area contributed by atoms with Gasteiger partial charge in [0.1, 0.15) is 0 Å². The van der Waals surface area contributed by atoms with Crippen LogP contribution in [0.1, 0.15) is 42.9 Å². The molecule has 0 unspecified atom stereocenters. The summed E-state index contributed by atoms with van der Waals surface area (Å²) in [6.45, 7) is 0. The van der Waals surface area contributed by atoms with E-state index in [0.717, 1.165) is 36.9 Å². The molecule has 2 atom stereocenters. The maximum absolute atomic E-state index is 11.5. The summed E-state index contributed by atoms with van der Waals surface area (Å²) in [5, 5.41) is 15.7. The van der Waals surface area contributed by atoms with Gasteiger partial charge >= 0.3 is 0 Å². The summed E-state index contributed by atoms with van der Waals surface area (Å²) in [5.41, 5.74) is 1.28. The van der Waals surface area contributed by atoms with Crippen molar-refractivity contribution in [1.82, 2.24) is 10.2 Å². The van der Waals surface area contributed by atoms with Crippen molar-refractivity contribution >= 4 is 0 Å². The Bertz CT molecular complexity index is 420. The van der Waals surface area contributed by atoms with Gasteiger partial charge in [-0.15, -0.1) is 0 Å². The predicted molar refractivity (Wildman–Crippen MR) is 51.3 cm³/mol. The van der Waals surface area contributed by atoms with Crippen LogP contribution in [-0.4, -0.2) is 20.9 Å². The van der Waals surface area contributed by atoms with Gasteiger partial charge in [0.15, 0.2) is 0 Å². The Hall–Kier alpha value is -1.03. The Labute approximate surface area is 81.3 Å². The highest BCUT2D eigenvalue weighted by molar-refractivity contribution is 5.28. The fourth-order valence-electron chi connectivity index (χ4n) is 3.05. The van der Waals surface area contributed by atoms with Crippen molar-refractivity contribution in [2.75, 3.05) is 0 Å². The SMILES string of the molecule is O=c1[nH][nH]c2c1[C@@H]1CCC[C@@](O)(C2)C1. The summed E-state index contributed by atoms with van der Waals surface area (Å²) < 4.78 is 0. The first kappa shape index (κ1) is 8.29. The first-order chi connectivity index (χ1) is 6.68. The van der Waals surface area contributed by atoms with E-state index in [0.29, 0.717) is 6.42 Å². The van der Waals surface area contributed by atoms with Crippen LogP contribution >= 0.6 is 0 Å². The summed E-state index contributed by atoms with van der Waals surface area (Å²) in [4.78, 5) is 11.5. The number of hydrogen-bond donors (Lipinski definition) is 3. The van der Waals surface area contributed by atoms with Crippen molar-refractivity contribution in [3.05, 3.63) is 21.6 Å². The van der Waals surface area contributed by atoms with Gasteiger partial charge in [0.2, 0.25) is 0 Å². The second-order valence-electron chi connectivity index (χ2n) is 4.67. The van der Waals surface area contributed by atoms with Crippen LogP contribution in [-0.2, 0) is 6.42 Å². The van der Waals surface area contributed by atoms with Crippen molar-refractivity contribution in [2.24, 2.45) is 0 Å². The summed E-state index contributed by atoms with van der Waals surface area (Å²) in [7, 11) is 0. The molecule has 1 heterocycles. The number of nitrogens with one attached hydrogen (secondary N) is 2. The van der Waals surface area contributed by atoms with Crippen LogP contribution in [0.3, 0.4) is 0 Å². The monoisotopic (exact) mass is 194 g/mol. The zero-order chi connectivity index (χ0) is 9.76. The third-order valence-corrected chi connectivity index (χ3v) is 3.63. The van der Waals surface area contributed by atoms with Crippen molar-refractivity contribution in [1.29, 1.82) is 0 Å². The fourth-order valence-corrected chi connectivity index (χ4v) is 3.05. The number of H-pyrrole nitrogens is 2. The van der Waals surface area contributed by atoms with Gasteiger partial charge in [-0.25, -0.2) is 0 Å². The average molecular weight is 194 g/mol. The number of aromatic nitrogens is 2. The van der Waals surface area contributed by atoms with Crippen LogP contribution in [0.5, 0.6) is 0 Å². The van der Waals surface area contributed by atoms with Crippen molar-refractivity contribution in [3.63, 3.8) is 0 Å². The molecular weight excluding hydrogens is 180 g/mol. The summed E-state index contributed by atoms with van der Waals surface area (Å²) in [6, 6.07) is 0. The second kappa shape index (κ2) is 2.51. The number of fused-ring (bicyclic) bond motifs is 4. The summed E-state index contributed by atoms with van der Waals surface area (Å²) >= 11 is 0. The fraction of sp³-hybridized carbons (Fsp3) is 0.700. The van der Waals surface area contributed by atoms with Gasteiger partial charge in [0.05, 0.1) is 5.60 Å². The lowest BCUT2D eigenvalue weighted by atomic mass is 9.68. The van der Waals surface area contributed by atoms with E-state index in [2.05, 4.69) is 10.2 Å². The van der Waals surface area contributed by atoms with Gasteiger partial charge in [-0.2, -0.15) is 0 Å². The predicted octanol–water partition coefficient (Wildman–Crippen LogP) is 0.648. The van der Waals surface area contributed by atoms with Gasteiger partial charge in [-0.1, -0.05) is 0 Å². The molecule has 4 nitrogen and oxygen atoms in total. The van der Waals surface area contributed by atoms with Gasteiger partial charge in [0, 0.05) is 17.7 Å². The van der Waals surface area contributed by atoms with Crippen LogP contribution in [0.25, 0.3) is 0 Å². The molecule has 1 aromatic rings. The lowest BCUT2D eigenvalue weighted by Crippen LogP contribution is -2.41. The molecule has 2 aliphatic carbocycles. The Kier molecular flexibility index (Phi) is 1.49. The lowest BCUT2D eigenvalue weighted by molar-refractivity contribution is -0.0115. The van der Waals surface area contributed by atoms with Crippen LogP contribution in [0.4, 0.5) is 0 Å². The number of aromatic amines is 2. The molecule has 0 saturated heterocycles. The maximum atomic E-state index is 11.5. The van der Waals surface area contributed by atoms with Gasteiger partial charge < -0.3 is 10.2 Å². The standard InChI is InChI=1S/C10H14N2O2/c13-9-8-6-2-1-3-10(14,4-6)5-7(8)11-12-9/h6,14H,1-5H2,(H2,11,12,13)/t6-,10+/m1/s1. The third kappa shape index (κ3) is 1.00. The Morgan fingerprint density at radius 1 is 1.43 bits per heavy atom. The maximum Gasteiger partial charge on any atom is 0.267 e. The molecule has 14 heavy (non-hydrogen) atoms. The molecule has 3 N–H and O–H groups in total. The molecule has 4 heteroatoms. The first-order valence-electron chi connectivity index (χ1n) is 5.20. The number of hydrogen-bond acceptors (Lipinski definition) is 2. The highest BCUT2D eigenvalue weighted by atomic mass is 16.3. The molecule has 0 spiro atoms. The van der Waals surface area contributed by atoms with Crippen LogP contribution in [0, 0.1) is 0 Å². The molecule has 2 bridgehead atoms. The summed E-state index contributed by atoms with van der Waals surface area (Å²) in [6.07, 6.45) is 4.32. The first-order valence-corrected chi connectivity index (χ1v) is 5.20. The summed E-state index contributed by atoms with van der Waals surface area (Å²) in [5.74, 6) is 0.271. The number of rotatable bonds is 0. The minimum Gasteiger partial charge on any atom is -0.389 e. The molecule has 2 aliphatic rings. The molecule has 76 valence electrons. The van der Waals surface area contributed by atoms with E-state index in [1.54, 1.807) is 0 Å². The highest BCUT2D eigenvalue weighted by Crippen LogP contribution is 2.44. The van der Waals surface area contributed by atoms with E-state index in [4.69, 9.17) is 0 Å². The van der Waals surface area contributed by atoms with Crippen LogP contribution in [0.15, 0.2) is 4.79 Å². The zero-order valence-electron chi connectivity index (χ0n) is 7.97. The molecule has 0 amide bonds. The third-order valence-electron chi connectivity index (χ3n) is 3.63. The van der Waals surface area contributed by atoms with Crippen LogP contribution in [0.2, 0.25) is 0 Å². The molecule has 1 fully saturated rings. The van der Waals surface area contributed by atoms with E-state index in [-0.39, 0.29) is 11.5 Å². The zero-order valence-corrected chi connectivity index (χ0v) is 7.97. The minimum atomic E-state index is -0.555. The van der Waals surface area contributed by atoms with Crippen molar-refractivity contribution < 1.29 is 5.11 Å². The van der Waals surface area contributed by atoms with Gasteiger partial charge in [-0.3, -0.25) is 9.89 Å². The molecule has 1 saturated carbocycles. The molecule has 0 radical (unpaired) electrons. The average Bonchev–Trinajstić information content (AvgIpc) is 2.46. The van der Waals surface area contributed by atoms with Gasteiger partial charge in [0.25, 0.3) is 5.56 Å². The van der Waals surface area contributed by atoms with Crippen LogP contribution < -0.4 is 5.56 Å². The van der Waals surface area contributed by atoms with E-state index < -0.39 is 5.60 Å². The van der Waals surface area contributed by atoms with E-state index in [1.165, 1.54) is 0 Å². The highest BCUT2D eigenvalue weighted by Gasteiger charge is 2.42. The quantitative estimate of drug-likeness (QED) is 0.567. The van der Waals surface area contributed by atoms with E-state index >= 15 is 0 Å². The second-order valence-corrected chi connectivity index (χ2v) is 4.67. The smallest absolute Gasteiger partial charge is 0.267 e. The van der Waals surface area contributed by atoms with Gasteiger partial charge in [-0.05, 0) is 31.6 Å². The minimum absolute atomic E-state index is 0.00829. The number of aliphatic hydroxyl groups is 1.